The summed E-state index contributed by atoms with van der Waals surface area (Å²) in [6.07, 6.45) is 5.67. The Labute approximate surface area is 207 Å². The molecule has 0 radical (unpaired) electrons. The lowest BCUT2D eigenvalue weighted by Gasteiger charge is -2.33. The average Bonchev–Trinajstić information content (AvgIpc) is 3.60. The lowest BCUT2D eigenvalue weighted by Crippen LogP contribution is -2.44. The minimum atomic E-state index is -1.36. The maximum Gasteiger partial charge on any atom is 0.253 e. The number of aromatic amines is 1. The average molecular weight is 483 g/mol. The van der Waals surface area contributed by atoms with Crippen molar-refractivity contribution in [2.45, 2.75) is 24.9 Å². The highest BCUT2D eigenvalue weighted by molar-refractivity contribution is 5.86. The zero-order valence-electron chi connectivity index (χ0n) is 19.6. The van der Waals surface area contributed by atoms with Gasteiger partial charge in [0.2, 0.25) is 0 Å². The van der Waals surface area contributed by atoms with Crippen LogP contribution in [0.5, 0.6) is 0 Å². The van der Waals surface area contributed by atoms with Crippen LogP contribution in [0.15, 0.2) is 67.1 Å². The van der Waals surface area contributed by atoms with Gasteiger partial charge in [0.1, 0.15) is 5.65 Å². The fourth-order valence-electron chi connectivity index (χ4n) is 5.04. The summed E-state index contributed by atoms with van der Waals surface area (Å²) in [5.41, 5.74) is 6.42. The molecule has 4 aromatic heterocycles. The first-order chi connectivity index (χ1) is 17.6. The van der Waals surface area contributed by atoms with Gasteiger partial charge in [-0.25, -0.2) is 4.98 Å². The van der Waals surface area contributed by atoms with E-state index in [4.69, 9.17) is 10.1 Å². The molecule has 1 aromatic carbocycles. The number of aliphatic hydroxyl groups is 2. The Hall–Kier alpha value is -4.08. The third kappa shape index (κ3) is 3.82. The maximum absolute atomic E-state index is 12.3. The normalized spacial score (nSPS) is 15.6. The Morgan fingerprint density at radius 2 is 1.86 bits per heavy atom. The summed E-state index contributed by atoms with van der Waals surface area (Å²) in [5, 5.41) is 24.5. The van der Waals surface area contributed by atoms with E-state index >= 15 is 0 Å². The van der Waals surface area contributed by atoms with Crippen LogP contribution in [-0.2, 0) is 4.79 Å². The van der Waals surface area contributed by atoms with Crippen molar-refractivity contribution < 1.29 is 15.0 Å². The van der Waals surface area contributed by atoms with Gasteiger partial charge >= 0.3 is 0 Å². The highest BCUT2D eigenvalue weighted by Crippen LogP contribution is 2.34. The number of piperidine rings is 1. The lowest BCUT2D eigenvalue weighted by molar-refractivity contribution is -0.143. The SMILES string of the molecule is O=C([C@H](O)CO)N1CCC(c2nc3c(-c4ccc(-c5ccccc5)nc4)cnn3c3[nH]ccc23)CC1. The summed E-state index contributed by atoms with van der Waals surface area (Å²) in [4.78, 5) is 27.0. The van der Waals surface area contributed by atoms with Crippen LogP contribution in [0.3, 0.4) is 0 Å². The fourth-order valence-corrected chi connectivity index (χ4v) is 5.04. The molecule has 1 aliphatic rings. The molecule has 36 heavy (non-hydrogen) atoms. The molecule has 5 aromatic rings. The van der Waals surface area contributed by atoms with Crippen LogP contribution in [0.4, 0.5) is 0 Å². The van der Waals surface area contributed by atoms with E-state index in [9.17, 15) is 9.90 Å². The third-order valence-electron chi connectivity index (χ3n) is 6.98. The Bertz CT molecular complexity index is 1520. The van der Waals surface area contributed by atoms with Gasteiger partial charge in [-0.2, -0.15) is 9.61 Å². The van der Waals surface area contributed by atoms with E-state index in [1.54, 1.807) is 4.90 Å². The Balaban J connectivity index is 1.34. The first-order valence-electron chi connectivity index (χ1n) is 12.1. The van der Waals surface area contributed by atoms with Crippen molar-refractivity contribution in [2.24, 2.45) is 0 Å². The highest BCUT2D eigenvalue weighted by atomic mass is 16.3. The van der Waals surface area contributed by atoms with Crippen LogP contribution in [-0.4, -0.2) is 71.4 Å². The van der Waals surface area contributed by atoms with Gasteiger partial charge in [-0.05, 0) is 25.0 Å². The Kier molecular flexibility index (Phi) is 5.71. The number of aromatic nitrogens is 5. The minimum absolute atomic E-state index is 0.157. The van der Waals surface area contributed by atoms with Crippen LogP contribution in [0, 0.1) is 0 Å². The number of amides is 1. The van der Waals surface area contributed by atoms with Gasteiger partial charge < -0.3 is 20.1 Å². The monoisotopic (exact) mass is 482 g/mol. The van der Waals surface area contributed by atoms with Crippen LogP contribution in [0.2, 0.25) is 0 Å². The van der Waals surface area contributed by atoms with Gasteiger partial charge in [-0.3, -0.25) is 9.78 Å². The molecule has 1 fully saturated rings. The number of hydrogen-bond donors (Lipinski definition) is 3. The summed E-state index contributed by atoms with van der Waals surface area (Å²) < 4.78 is 1.83. The van der Waals surface area contributed by atoms with E-state index in [1.807, 2.05) is 71.6 Å². The number of H-pyrrole nitrogens is 1. The molecular weight excluding hydrogens is 456 g/mol. The molecule has 182 valence electrons. The van der Waals surface area contributed by atoms with E-state index in [0.29, 0.717) is 13.1 Å². The second kappa shape index (κ2) is 9.18. The Morgan fingerprint density at radius 1 is 1.06 bits per heavy atom. The molecule has 0 aliphatic carbocycles. The predicted molar refractivity (Wildman–Crippen MR) is 135 cm³/mol. The van der Waals surface area contributed by atoms with Crippen molar-refractivity contribution in [3.05, 3.63) is 72.8 Å². The number of aliphatic hydroxyl groups excluding tert-OH is 2. The number of fused-ring (bicyclic) bond motifs is 3. The first-order valence-corrected chi connectivity index (χ1v) is 12.1. The molecule has 1 aliphatic heterocycles. The summed E-state index contributed by atoms with van der Waals surface area (Å²) in [7, 11) is 0. The number of benzene rings is 1. The number of nitrogens with zero attached hydrogens (tertiary/aromatic N) is 5. The highest BCUT2D eigenvalue weighted by Gasteiger charge is 2.29. The molecule has 6 rings (SSSR count). The number of hydrogen-bond acceptors (Lipinski definition) is 6. The number of nitrogens with one attached hydrogen (secondary N) is 1. The van der Waals surface area contributed by atoms with Gasteiger partial charge in [-0.1, -0.05) is 36.4 Å². The van der Waals surface area contributed by atoms with E-state index in [0.717, 1.165) is 57.6 Å². The van der Waals surface area contributed by atoms with Crippen LogP contribution < -0.4 is 0 Å². The van der Waals surface area contributed by atoms with Crippen molar-refractivity contribution in [2.75, 3.05) is 19.7 Å². The third-order valence-corrected chi connectivity index (χ3v) is 6.98. The first kappa shape index (κ1) is 22.4. The van der Waals surface area contributed by atoms with E-state index in [1.165, 1.54) is 0 Å². The molecule has 5 heterocycles. The summed E-state index contributed by atoms with van der Waals surface area (Å²) in [6, 6.07) is 16.1. The van der Waals surface area contributed by atoms with Crippen molar-refractivity contribution in [3.63, 3.8) is 0 Å². The number of carbonyl (C=O) groups is 1. The second-order valence-electron chi connectivity index (χ2n) is 9.13. The Morgan fingerprint density at radius 3 is 2.58 bits per heavy atom. The number of rotatable bonds is 5. The molecule has 3 N–H and O–H groups in total. The molecule has 9 heteroatoms. The maximum atomic E-state index is 12.3. The topological polar surface area (TPSA) is 120 Å². The van der Waals surface area contributed by atoms with Gasteiger partial charge in [0.05, 0.1) is 24.2 Å². The van der Waals surface area contributed by atoms with Crippen molar-refractivity contribution in [1.29, 1.82) is 0 Å². The summed E-state index contributed by atoms with van der Waals surface area (Å²) in [5.74, 6) is -0.263. The minimum Gasteiger partial charge on any atom is -0.393 e. The molecule has 1 saturated heterocycles. The number of carbonyl (C=O) groups excluding carboxylic acids is 1. The van der Waals surface area contributed by atoms with E-state index < -0.39 is 18.6 Å². The van der Waals surface area contributed by atoms with Crippen molar-refractivity contribution >= 4 is 22.6 Å². The molecule has 0 unspecified atom stereocenters. The van der Waals surface area contributed by atoms with Crippen LogP contribution in [0.1, 0.15) is 24.5 Å². The smallest absolute Gasteiger partial charge is 0.253 e. The van der Waals surface area contributed by atoms with Crippen molar-refractivity contribution in [3.8, 4) is 22.4 Å². The quantitative estimate of drug-likeness (QED) is 0.354. The zero-order chi connectivity index (χ0) is 24.6. The fraction of sp³-hybridized carbons (Fsp3) is 0.259. The van der Waals surface area contributed by atoms with Gasteiger partial charge in [-0.15, -0.1) is 0 Å². The molecule has 1 atom stereocenters. The van der Waals surface area contributed by atoms with Gasteiger partial charge in [0.25, 0.3) is 5.91 Å². The lowest BCUT2D eigenvalue weighted by atomic mass is 9.91. The van der Waals surface area contributed by atoms with Crippen LogP contribution in [0.25, 0.3) is 39.1 Å². The molecular formula is C27H26N6O3. The standard InChI is InChI=1S/C27H26N6O3/c34-16-23(35)27(36)32-12-9-18(10-13-32)24-20-8-11-28-25(20)33-26(31-24)21(15-30-33)19-6-7-22(29-14-19)17-4-2-1-3-5-17/h1-8,11,14-15,18,23,28,34-35H,9-10,12-13,16H2/t23-/m1/s1. The second-order valence-corrected chi connectivity index (χ2v) is 9.13. The predicted octanol–water partition coefficient (Wildman–Crippen LogP) is 3.00. The zero-order valence-corrected chi connectivity index (χ0v) is 19.6. The molecule has 0 saturated carbocycles. The van der Waals surface area contributed by atoms with Crippen molar-refractivity contribution in [1.82, 2.24) is 29.5 Å². The van der Waals surface area contributed by atoms with Crippen LogP contribution >= 0.6 is 0 Å². The number of pyridine rings is 1. The van der Waals surface area contributed by atoms with Gasteiger partial charge in [0.15, 0.2) is 11.8 Å². The largest absolute Gasteiger partial charge is 0.393 e. The summed E-state index contributed by atoms with van der Waals surface area (Å²) >= 11 is 0. The van der Waals surface area contributed by atoms with E-state index in [-0.39, 0.29) is 5.92 Å². The molecule has 1 amide bonds. The molecule has 0 bridgehead atoms. The molecule has 0 spiro atoms. The number of likely N-dealkylation sites (tertiary alicyclic amines) is 1. The van der Waals surface area contributed by atoms with Gasteiger partial charge in [0, 0.05) is 53.5 Å². The molecule has 9 nitrogen and oxygen atoms in total. The summed E-state index contributed by atoms with van der Waals surface area (Å²) in [6.45, 7) is 0.457. The van der Waals surface area contributed by atoms with E-state index in [2.05, 4.69) is 15.1 Å².